The maximum absolute atomic E-state index is 11.5. The maximum Gasteiger partial charge on any atom is 0.254 e. The van der Waals surface area contributed by atoms with Crippen LogP contribution in [0.25, 0.3) is 5.69 Å². The van der Waals surface area contributed by atoms with Crippen LogP contribution in [0.15, 0.2) is 55.0 Å². The summed E-state index contributed by atoms with van der Waals surface area (Å²) in [5.41, 5.74) is 8.31. The lowest BCUT2D eigenvalue weighted by atomic mass is 10.1. The van der Waals surface area contributed by atoms with E-state index < -0.39 is 5.91 Å². The SMILES string of the molecule is COc1ncc(NCc2ccccc2-n2cccn2)cc1C(N)=O. The van der Waals surface area contributed by atoms with E-state index in [0.717, 1.165) is 11.3 Å². The van der Waals surface area contributed by atoms with Crippen molar-refractivity contribution >= 4 is 11.6 Å². The molecule has 0 aliphatic carbocycles. The number of methoxy groups -OCH3 is 1. The molecule has 3 N–H and O–H groups in total. The first kappa shape index (κ1) is 15.5. The fraction of sp³-hybridized carbons (Fsp3) is 0.118. The van der Waals surface area contributed by atoms with Crippen molar-refractivity contribution in [2.75, 3.05) is 12.4 Å². The highest BCUT2D eigenvalue weighted by Gasteiger charge is 2.12. The lowest BCUT2D eigenvalue weighted by Crippen LogP contribution is -2.14. The van der Waals surface area contributed by atoms with Crippen LogP contribution in [0, 0.1) is 0 Å². The lowest BCUT2D eigenvalue weighted by molar-refractivity contribution is 0.0996. The van der Waals surface area contributed by atoms with E-state index in [4.69, 9.17) is 10.5 Å². The third kappa shape index (κ3) is 3.19. The molecule has 0 aliphatic heterocycles. The van der Waals surface area contributed by atoms with Crippen LogP contribution in [-0.4, -0.2) is 27.8 Å². The van der Waals surface area contributed by atoms with Gasteiger partial charge < -0.3 is 15.8 Å². The molecule has 0 saturated carbocycles. The van der Waals surface area contributed by atoms with Crippen LogP contribution < -0.4 is 15.8 Å². The normalized spacial score (nSPS) is 10.4. The zero-order valence-corrected chi connectivity index (χ0v) is 13.1. The Hall–Kier alpha value is -3.35. The second-order valence-electron chi connectivity index (χ2n) is 5.08. The van der Waals surface area contributed by atoms with E-state index in [9.17, 15) is 4.79 Å². The third-order valence-corrected chi connectivity index (χ3v) is 3.54. The molecule has 0 saturated heterocycles. The summed E-state index contributed by atoms with van der Waals surface area (Å²) >= 11 is 0. The summed E-state index contributed by atoms with van der Waals surface area (Å²) in [6, 6.07) is 11.4. The first-order chi connectivity index (χ1) is 11.7. The predicted molar refractivity (Wildman–Crippen MR) is 90.2 cm³/mol. The second kappa shape index (κ2) is 6.82. The van der Waals surface area contributed by atoms with Gasteiger partial charge in [-0.1, -0.05) is 18.2 Å². The molecule has 0 atom stereocenters. The molecular formula is C17H17N5O2. The van der Waals surface area contributed by atoms with Crippen LogP contribution in [-0.2, 0) is 6.54 Å². The molecule has 2 heterocycles. The summed E-state index contributed by atoms with van der Waals surface area (Å²) in [6.45, 7) is 0.544. The molecule has 122 valence electrons. The van der Waals surface area contributed by atoms with Crippen molar-refractivity contribution in [2.45, 2.75) is 6.54 Å². The van der Waals surface area contributed by atoms with Gasteiger partial charge in [-0.2, -0.15) is 5.10 Å². The first-order valence-electron chi connectivity index (χ1n) is 7.34. The molecule has 1 amide bonds. The van der Waals surface area contributed by atoms with E-state index in [1.54, 1.807) is 23.1 Å². The van der Waals surface area contributed by atoms with Crippen molar-refractivity contribution in [1.29, 1.82) is 0 Å². The quantitative estimate of drug-likeness (QED) is 0.723. The van der Waals surface area contributed by atoms with E-state index in [0.29, 0.717) is 12.2 Å². The standard InChI is InChI=1S/C17H17N5O2/c1-24-17-14(16(18)23)9-13(11-20-17)19-10-12-5-2-3-6-15(12)22-8-4-7-21-22/h2-9,11,19H,10H2,1H3,(H2,18,23). The van der Waals surface area contributed by atoms with E-state index in [-0.39, 0.29) is 11.4 Å². The Morgan fingerprint density at radius 1 is 1.33 bits per heavy atom. The largest absolute Gasteiger partial charge is 0.480 e. The average molecular weight is 323 g/mol. The highest BCUT2D eigenvalue weighted by Crippen LogP contribution is 2.20. The minimum absolute atomic E-state index is 0.213. The maximum atomic E-state index is 11.5. The number of nitrogens with one attached hydrogen (secondary N) is 1. The predicted octanol–water partition coefficient (Wildman–Crippen LogP) is 1.99. The van der Waals surface area contributed by atoms with Gasteiger partial charge in [-0.15, -0.1) is 0 Å². The van der Waals surface area contributed by atoms with Gasteiger partial charge >= 0.3 is 0 Å². The number of para-hydroxylation sites is 1. The number of amides is 1. The zero-order chi connectivity index (χ0) is 16.9. The van der Waals surface area contributed by atoms with Crippen LogP contribution in [0.2, 0.25) is 0 Å². The van der Waals surface area contributed by atoms with Gasteiger partial charge in [-0.3, -0.25) is 4.79 Å². The number of rotatable bonds is 6. The molecule has 2 aromatic heterocycles. The van der Waals surface area contributed by atoms with Crippen molar-refractivity contribution in [2.24, 2.45) is 5.73 Å². The number of anilines is 1. The number of nitrogens with two attached hydrogens (primary N) is 1. The molecule has 0 radical (unpaired) electrons. The summed E-state index contributed by atoms with van der Waals surface area (Å²) in [6.07, 6.45) is 5.22. The summed E-state index contributed by atoms with van der Waals surface area (Å²) in [5.74, 6) is -0.370. The number of nitrogens with zero attached hydrogens (tertiary/aromatic N) is 3. The molecule has 0 fully saturated rings. The van der Waals surface area contributed by atoms with E-state index in [1.807, 2.05) is 36.5 Å². The number of aromatic nitrogens is 3. The van der Waals surface area contributed by atoms with Gasteiger partial charge in [-0.25, -0.2) is 9.67 Å². The van der Waals surface area contributed by atoms with Gasteiger partial charge in [0.25, 0.3) is 5.91 Å². The highest BCUT2D eigenvalue weighted by molar-refractivity contribution is 5.95. The zero-order valence-electron chi connectivity index (χ0n) is 13.1. The van der Waals surface area contributed by atoms with Crippen molar-refractivity contribution < 1.29 is 9.53 Å². The fourth-order valence-corrected chi connectivity index (χ4v) is 2.38. The van der Waals surface area contributed by atoms with E-state index >= 15 is 0 Å². The van der Waals surface area contributed by atoms with E-state index in [2.05, 4.69) is 15.4 Å². The number of hydrogen-bond donors (Lipinski definition) is 2. The van der Waals surface area contributed by atoms with Crippen LogP contribution in [0.3, 0.4) is 0 Å². The number of benzene rings is 1. The number of carbonyl (C=O) groups is 1. The number of pyridine rings is 1. The Labute approximate surface area is 139 Å². The smallest absolute Gasteiger partial charge is 0.254 e. The fourth-order valence-electron chi connectivity index (χ4n) is 2.38. The van der Waals surface area contributed by atoms with Crippen LogP contribution in [0.1, 0.15) is 15.9 Å². The Morgan fingerprint density at radius 2 is 2.17 bits per heavy atom. The Kier molecular flexibility index (Phi) is 4.42. The molecule has 0 aliphatic rings. The summed E-state index contributed by atoms with van der Waals surface area (Å²) in [4.78, 5) is 15.6. The topological polar surface area (TPSA) is 95.1 Å². The Balaban J connectivity index is 1.82. The van der Waals surface area contributed by atoms with Crippen molar-refractivity contribution in [3.63, 3.8) is 0 Å². The number of carbonyl (C=O) groups excluding carboxylic acids is 1. The van der Waals surface area contributed by atoms with Crippen LogP contribution in [0.4, 0.5) is 5.69 Å². The third-order valence-electron chi connectivity index (χ3n) is 3.54. The van der Waals surface area contributed by atoms with Gasteiger partial charge in [0, 0.05) is 18.9 Å². The molecule has 3 aromatic rings. The molecule has 24 heavy (non-hydrogen) atoms. The molecule has 1 aromatic carbocycles. The van der Waals surface area contributed by atoms with Crippen molar-refractivity contribution in [1.82, 2.24) is 14.8 Å². The number of ether oxygens (including phenoxy) is 1. The Bertz CT molecular complexity index is 846. The minimum Gasteiger partial charge on any atom is -0.480 e. The Morgan fingerprint density at radius 3 is 2.88 bits per heavy atom. The van der Waals surface area contributed by atoms with Gasteiger partial charge in [-0.05, 0) is 23.8 Å². The van der Waals surface area contributed by atoms with Crippen molar-refractivity contribution in [3.8, 4) is 11.6 Å². The summed E-state index contributed by atoms with van der Waals surface area (Å²) in [5, 5.41) is 7.50. The van der Waals surface area contributed by atoms with Gasteiger partial charge in [0.2, 0.25) is 5.88 Å². The molecular weight excluding hydrogens is 306 g/mol. The van der Waals surface area contributed by atoms with Crippen LogP contribution in [0.5, 0.6) is 5.88 Å². The highest BCUT2D eigenvalue weighted by atomic mass is 16.5. The first-order valence-corrected chi connectivity index (χ1v) is 7.34. The van der Waals surface area contributed by atoms with Gasteiger partial charge in [0.15, 0.2) is 0 Å². The lowest BCUT2D eigenvalue weighted by Gasteiger charge is -2.12. The number of hydrogen-bond acceptors (Lipinski definition) is 5. The number of primary amides is 1. The monoisotopic (exact) mass is 323 g/mol. The molecule has 0 unspecified atom stereocenters. The molecule has 0 spiro atoms. The summed E-state index contributed by atoms with van der Waals surface area (Å²) < 4.78 is 6.84. The van der Waals surface area contributed by atoms with Gasteiger partial charge in [0.1, 0.15) is 5.56 Å². The summed E-state index contributed by atoms with van der Waals surface area (Å²) in [7, 11) is 1.45. The van der Waals surface area contributed by atoms with E-state index in [1.165, 1.54) is 7.11 Å². The average Bonchev–Trinajstić information content (AvgIpc) is 3.14. The van der Waals surface area contributed by atoms with Gasteiger partial charge in [0.05, 0.1) is 24.7 Å². The van der Waals surface area contributed by atoms with Crippen LogP contribution >= 0.6 is 0 Å². The van der Waals surface area contributed by atoms with Crippen molar-refractivity contribution in [3.05, 3.63) is 66.1 Å². The minimum atomic E-state index is -0.583. The second-order valence-corrected chi connectivity index (χ2v) is 5.08. The molecule has 7 nitrogen and oxygen atoms in total. The molecule has 0 bridgehead atoms. The molecule has 3 rings (SSSR count). The molecule has 7 heteroatoms.